The summed E-state index contributed by atoms with van der Waals surface area (Å²) in [6, 6.07) is 0.0431. The second-order valence-corrected chi connectivity index (χ2v) is 3.12. The second-order valence-electron chi connectivity index (χ2n) is 3.12. The third-order valence-corrected chi connectivity index (χ3v) is 2.14. The van der Waals surface area contributed by atoms with Gasteiger partial charge >= 0.3 is 6.03 Å². The van der Waals surface area contributed by atoms with E-state index in [4.69, 9.17) is 5.11 Å². The molecule has 0 aromatic heterocycles. The van der Waals surface area contributed by atoms with Gasteiger partial charge in [0.05, 0.1) is 6.61 Å². The predicted octanol–water partition coefficient (Wildman–Crippen LogP) is 0.126. The van der Waals surface area contributed by atoms with Crippen LogP contribution >= 0.6 is 0 Å². The molecule has 12 heavy (non-hydrogen) atoms. The number of urea groups is 1. The van der Waals surface area contributed by atoms with E-state index in [9.17, 15) is 4.79 Å². The maximum absolute atomic E-state index is 11.5. The molecule has 0 aromatic carbocycles. The highest BCUT2D eigenvalue weighted by Gasteiger charge is 2.20. The van der Waals surface area contributed by atoms with E-state index in [2.05, 4.69) is 0 Å². The van der Waals surface area contributed by atoms with Crippen molar-refractivity contribution in [2.75, 3.05) is 33.3 Å². The smallest absolute Gasteiger partial charge is 0.319 e. The van der Waals surface area contributed by atoms with Gasteiger partial charge in [0.2, 0.25) is 0 Å². The first-order valence-electron chi connectivity index (χ1n) is 4.36. The molecule has 1 rings (SSSR count). The van der Waals surface area contributed by atoms with Gasteiger partial charge in [-0.2, -0.15) is 0 Å². The summed E-state index contributed by atoms with van der Waals surface area (Å²) in [5, 5.41) is 8.62. The maximum Gasteiger partial charge on any atom is 0.319 e. The zero-order valence-electron chi connectivity index (χ0n) is 7.49. The Hall–Kier alpha value is -0.770. The van der Waals surface area contributed by atoms with Crippen LogP contribution in [0.5, 0.6) is 0 Å². The topological polar surface area (TPSA) is 43.8 Å². The van der Waals surface area contributed by atoms with Crippen molar-refractivity contribution >= 4 is 6.03 Å². The van der Waals surface area contributed by atoms with Crippen LogP contribution in [0.2, 0.25) is 0 Å². The van der Waals surface area contributed by atoms with Gasteiger partial charge in [-0.1, -0.05) is 0 Å². The molecule has 1 aliphatic heterocycles. The summed E-state index contributed by atoms with van der Waals surface area (Å²) in [6.45, 7) is 2.20. The minimum absolute atomic E-state index is 0.0378. The molecule has 0 unspecified atom stereocenters. The highest BCUT2D eigenvalue weighted by Crippen LogP contribution is 2.09. The summed E-state index contributed by atoms with van der Waals surface area (Å²) in [5.74, 6) is 0. The Kier molecular flexibility index (Phi) is 3.34. The lowest BCUT2D eigenvalue weighted by Gasteiger charge is -2.23. The van der Waals surface area contributed by atoms with Crippen LogP contribution in [0.1, 0.15) is 12.8 Å². The molecule has 4 nitrogen and oxygen atoms in total. The standard InChI is InChI=1S/C8H16N2O2/c1-9(6-7-11)8(12)10-4-2-3-5-10/h11H,2-7H2,1H3. The van der Waals surface area contributed by atoms with Gasteiger partial charge in [0.1, 0.15) is 0 Å². The van der Waals surface area contributed by atoms with Crippen molar-refractivity contribution in [3.63, 3.8) is 0 Å². The van der Waals surface area contributed by atoms with Crippen molar-refractivity contribution in [1.29, 1.82) is 0 Å². The minimum Gasteiger partial charge on any atom is -0.395 e. The third kappa shape index (κ3) is 2.11. The molecule has 0 saturated carbocycles. The van der Waals surface area contributed by atoms with Crippen LogP contribution in [0.4, 0.5) is 4.79 Å². The summed E-state index contributed by atoms with van der Waals surface area (Å²) in [6.07, 6.45) is 2.22. The zero-order valence-corrected chi connectivity index (χ0v) is 7.49. The highest BCUT2D eigenvalue weighted by atomic mass is 16.3. The molecule has 1 aliphatic rings. The molecule has 0 aromatic rings. The summed E-state index contributed by atoms with van der Waals surface area (Å²) < 4.78 is 0. The van der Waals surface area contributed by atoms with E-state index < -0.39 is 0 Å². The fourth-order valence-corrected chi connectivity index (χ4v) is 1.40. The fraction of sp³-hybridized carbons (Fsp3) is 0.875. The van der Waals surface area contributed by atoms with Gasteiger partial charge in [0, 0.05) is 26.7 Å². The third-order valence-electron chi connectivity index (χ3n) is 2.14. The predicted molar refractivity (Wildman–Crippen MR) is 45.9 cm³/mol. The second kappa shape index (κ2) is 4.30. The van der Waals surface area contributed by atoms with Gasteiger partial charge in [-0.3, -0.25) is 0 Å². The Morgan fingerprint density at radius 2 is 2.08 bits per heavy atom. The Labute approximate surface area is 72.8 Å². The van der Waals surface area contributed by atoms with Crippen LogP contribution in [0.3, 0.4) is 0 Å². The summed E-state index contributed by atoms with van der Waals surface area (Å²) in [7, 11) is 1.72. The number of hydrogen-bond donors (Lipinski definition) is 1. The molecule has 0 bridgehead atoms. The number of carbonyl (C=O) groups is 1. The Balaban J connectivity index is 2.34. The summed E-state index contributed by atoms with van der Waals surface area (Å²) in [4.78, 5) is 14.9. The first kappa shape index (κ1) is 9.32. The molecule has 1 fully saturated rings. The van der Waals surface area contributed by atoms with Gasteiger partial charge in [-0.25, -0.2) is 4.79 Å². The first-order chi connectivity index (χ1) is 5.75. The van der Waals surface area contributed by atoms with Crippen molar-refractivity contribution in [3.8, 4) is 0 Å². The monoisotopic (exact) mass is 172 g/mol. The number of rotatable bonds is 2. The number of nitrogens with zero attached hydrogens (tertiary/aromatic N) is 2. The summed E-state index contributed by atoms with van der Waals surface area (Å²) in [5.41, 5.74) is 0. The first-order valence-corrected chi connectivity index (χ1v) is 4.36. The van der Waals surface area contributed by atoms with Crippen molar-refractivity contribution in [3.05, 3.63) is 0 Å². The molecule has 0 spiro atoms. The number of likely N-dealkylation sites (tertiary alicyclic amines) is 1. The molecule has 0 atom stereocenters. The van der Waals surface area contributed by atoms with Crippen LogP contribution in [0.15, 0.2) is 0 Å². The fourth-order valence-electron chi connectivity index (χ4n) is 1.40. The maximum atomic E-state index is 11.5. The van der Waals surface area contributed by atoms with Crippen LogP contribution < -0.4 is 0 Å². The molecular weight excluding hydrogens is 156 g/mol. The SMILES string of the molecule is CN(CCO)C(=O)N1CCCC1. The van der Waals surface area contributed by atoms with Gasteiger partial charge in [-0.15, -0.1) is 0 Å². The van der Waals surface area contributed by atoms with Crippen LogP contribution in [-0.4, -0.2) is 54.2 Å². The Bertz CT molecular complexity index is 155. The minimum atomic E-state index is 0.0378. The zero-order chi connectivity index (χ0) is 8.97. The quantitative estimate of drug-likeness (QED) is 0.643. The van der Waals surface area contributed by atoms with Crippen LogP contribution in [0, 0.1) is 0 Å². The summed E-state index contributed by atoms with van der Waals surface area (Å²) >= 11 is 0. The molecule has 1 heterocycles. The van der Waals surface area contributed by atoms with Gasteiger partial charge in [0.15, 0.2) is 0 Å². The van der Waals surface area contributed by atoms with E-state index >= 15 is 0 Å². The normalized spacial score (nSPS) is 16.7. The lowest BCUT2D eigenvalue weighted by Crippen LogP contribution is -2.40. The van der Waals surface area contributed by atoms with E-state index in [-0.39, 0.29) is 12.6 Å². The van der Waals surface area contributed by atoms with Crippen LogP contribution in [-0.2, 0) is 0 Å². The lowest BCUT2D eigenvalue weighted by atomic mass is 10.4. The van der Waals surface area contributed by atoms with Gasteiger partial charge < -0.3 is 14.9 Å². The van der Waals surface area contributed by atoms with Crippen molar-refractivity contribution in [2.45, 2.75) is 12.8 Å². The molecule has 1 saturated heterocycles. The lowest BCUT2D eigenvalue weighted by molar-refractivity contribution is 0.160. The molecule has 70 valence electrons. The van der Waals surface area contributed by atoms with Crippen molar-refractivity contribution < 1.29 is 9.90 Å². The molecule has 2 amide bonds. The van der Waals surface area contributed by atoms with E-state index in [1.165, 1.54) is 0 Å². The van der Waals surface area contributed by atoms with Gasteiger partial charge in [0.25, 0.3) is 0 Å². The Morgan fingerprint density at radius 3 is 2.58 bits per heavy atom. The number of hydrogen-bond acceptors (Lipinski definition) is 2. The number of aliphatic hydroxyl groups is 1. The molecule has 0 aliphatic carbocycles. The van der Waals surface area contributed by atoms with Crippen molar-refractivity contribution in [1.82, 2.24) is 9.80 Å². The number of likely N-dealkylation sites (N-methyl/N-ethyl adjacent to an activating group) is 1. The average Bonchev–Trinajstić information content (AvgIpc) is 2.55. The van der Waals surface area contributed by atoms with Gasteiger partial charge in [-0.05, 0) is 12.8 Å². The highest BCUT2D eigenvalue weighted by molar-refractivity contribution is 5.74. The van der Waals surface area contributed by atoms with E-state index in [0.29, 0.717) is 6.54 Å². The Morgan fingerprint density at radius 1 is 1.50 bits per heavy atom. The van der Waals surface area contributed by atoms with E-state index in [1.807, 2.05) is 4.90 Å². The van der Waals surface area contributed by atoms with Crippen LogP contribution in [0.25, 0.3) is 0 Å². The number of amides is 2. The van der Waals surface area contributed by atoms with Crippen molar-refractivity contribution in [2.24, 2.45) is 0 Å². The largest absolute Gasteiger partial charge is 0.395 e. The van der Waals surface area contributed by atoms with E-state index in [0.717, 1.165) is 25.9 Å². The molecule has 0 radical (unpaired) electrons. The molecule has 4 heteroatoms. The molecular formula is C8H16N2O2. The number of aliphatic hydroxyl groups excluding tert-OH is 1. The average molecular weight is 172 g/mol. The van der Waals surface area contributed by atoms with E-state index in [1.54, 1.807) is 11.9 Å². The number of carbonyl (C=O) groups excluding carboxylic acids is 1. The molecule has 1 N–H and O–H groups in total.